The first-order valence-electron chi connectivity index (χ1n) is 8.06. The molecule has 156 valence electrons. The lowest BCUT2D eigenvalue weighted by atomic mass is 10.2. The zero-order valence-corrected chi connectivity index (χ0v) is 17.8. The maximum atomic E-state index is 13.4. The van der Waals surface area contributed by atoms with Crippen LogP contribution in [0.2, 0.25) is 10.0 Å². The first-order chi connectivity index (χ1) is 13.6. The molecule has 0 saturated carbocycles. The van der Waals surface area contributed by atoms with Crippen LogP contribution in [-0.2, 0) is 4.74 Å². The van der Waals surface area contributed by atoms with E-state index in [1.165, 1.54) is 24.3 Å². The van der Waals surface area contributed by atoms with Gasteiger partial charge in [0, 0.05) is 5.69 Å². The van der Waals surface area contributed by atoms with Gasteiger partial charge in [0.2, 0.25) is 10.7 Å². The van der Waals surface area contributed by atoms with E-state index < -0.39 is 17.0 Å². The molecule has 0 aliphatic heterocycles. The van der Waals surface area contributed by atoms with Crippen molar-refractivity contribution < 1.29 is 23.0 Å². The Bertz CT molecular complexity index is 873. The molecule has 0 aliphatic rings. The van der Waals surface area contributed by atoms with Crippen molar-refractivity contribution in [3.63, 3.8) is 0 Å². The Kier molecular flexibility index (Phi) is 8.34. The number of halogens is 6. The minimum absolute atomic E-state index is 0.0598. The Morgan fingerprint density at radius 1 is 1.14 bits per heavy atom. The van der Waals surface area contributed by atoms with Crippen LogP contribution in [0.4, 0.5) is 19.3 Å². The molecule has 2 rings (SSSR count). The second kappa shape index (κ2) is 10.3. The van der Waals surface area contributed by atoms with Gasteiger partial charge in [-0.15, -0.1) is 0 Å². The van der Waals surface area contributed by atoms with E-state index in [1.807, 2.05) is 0 Å². The minimum atomic E-state index is -3.77. The summed E-state index contributed by atoms with van der Waals surface area (Å²) in [6.07, 6.45) is -3.77. The summed E-state index contributed by atoms with van der Waals surface area (Å²) in [5.41, 5.74) is 0.541. The van der Waals surface area contributed by atoms with Crippen LogP contribution < -0.4 is 10.1 Å². The van der Waals surface area contributed by atoms with Crippen molar-refractivity contribution in [2.75, 3.05) is 11.9 Å². The first-order valence-corrected chi connectivity index (χ1v) is 9.68. The number of ether oxygens (including phenoxy) is 2. The smallest absolute Gasteiger partial charge is 0.428 e. The lowest BCUT2D eigenvalue weighted by Gasteiger charge is -2.18. The van der Waals surface area contributed by atoms with Gasteiger partial charge in [-0.1, -0.05) is 52.5 Å². The SMILES string of the molecule is CCOC(=NC(=O)Nc1ccc(OC(F)(F)C(Cl)Cl)cc1)c1c(Cl)cccc1Cl. The van der Waals surface area contributed by atoms with Crippen LogP contribution in [0.3, 0.4) is 0 Å². The van der Waals surface area contributed by atoms with Gasteiger partial charge in [0.1, 0.15) is 5.75 Å². The molecule has 29 heavy (non-hydrogen) atoms. The Balaban J connectivity index is 2.16. The summed E-state index contributed by atoms with van der Waals surface area (Å²) in [7, 11) is 0. The summed E-state index contributed by atoms with van der Waals surface area (Å²) in [6, 6.07) is 9.09. The minimum Gasteiger partial charge on any atom is -0.477 e. The average Bonchev–Trinajstić information content (AvgIpc) is 2.63. The first kappa shape index (κ1) is 23.5. The van der Waals surface area contributed by atoms with Gasteiger partial charge in [-0.25, -0.2) is 4.79 Å². The number of alkyl halides is 4. The Morgan fingerprint density at radius 2 is 1.72 bits per heavy atom. The fourth-order valence-electron chi connectivity index (χ4n) is 2.05. The van der Waals surface area contributed by atoms with Gasteiger partial charge in [-0.05, 0) is 43.3 Å². The molecule has 0 atom stereocenters. The van der Waals surface area contributed by atoms with Gasteiger partial charge in [0.15, 0.2) is 0 Å². The third-order valence-electron chi connectivity index (χ3n) is 3.27. The number of aliphatic imine (C=N–C) groups is 1. The number of benzene rings is 2. The molecule has 0 radical (unpaired) electrons. The number of carbonyl (C=O) groups excluding carboxylic acids is 1. The van der Waals surface area contributed by atoms with Crippen molar-refractivity contribution in [3.05, 3.63) is 58.1 Å². The lowest BCUT2D eigenvalue weighted by Crippen LogP contribution is -2.32. The van der Waals surface area contributed by atoms with Crippen molar-refractivity contribution in [1.82, 2.24) is 0 Å². The molecule has 0 aromatic heterocycles. The van der Waals surface area contributed by atoms with Crippen molar-refractivity contribution in [3.8, 4) is 5.75 Å². The van der Waals surface area contributed by atoms with E-state index >= 15 is 0 Å². The summed E-state index contributed by atoms with van der Waals surface area (Å²) in [5.74, 6) is -0.254. The van der Waals surface area contributed by atoms with Gasteiger partial charge >= 0.3 is 12.1 Å². The van der Waals surface area contributed by atoms with Crippen LogP contribution in [0.5, 0.6) is 5.75 Å². The third-order valence-corrected chi connectivity index (χ3v) is 4.41. The van der Waals surface area contributed by atoms with E-state index in [1.54, 1.807) is 25.1 Å². The van der Waals surface area contributed by atoms with Gasteiger partial charge in [-0.2, -0.15) is 13.8 Å². The molecule has 2 aromatic rings. The maximum Gasteiger partial charge on any atom is 0.428 e. The van der Waals surface area contributed by atoms with E-state index in [2.05, 4.69) is 15.0 Å². The molecule has 2 amide bonds. The number of anilines is 1. The van der Waals surface area contributed by atoms with Gasteiger partial charge in [0.05, 0.1) is 22.2 Å². The van der Waals surface area contributed by atoms with Crippen LogP contribution in [0, 0.1) is 0 Å². The normalized spacial score (nSPS) is 12.1. The molecule has 0 heterocycles. The van der Waals surface area contributed by atoms with Gasteiger partial charge in [-0.3, -0.25) is 0 Å². The largest absolute Gasteiger partial charge is 0.477 e. The number of urea groups is 1. The average molecular weight is 486 g/mol. The van der Waals surface area contributed by atoms with Crippen LogP contribution in [0.25, 0.3) is 0 Å². The summed E-state index contributed by atoms with van der Waals surface area (Å²) < 4.78 is 36.6. The second-order valence-electron chi connectivity index (χ2n) is 5.37. The van der Waals surface area contributed by atoms with E-state index in [9.17, 15) is 13.6 Å². The van der Waals surface area contributed by atoms with Crippen LogP contribution in [0.15, 0.2) is 47.5 Å². The monoisotopic (exact) mass is 484 g/mol. The highest BCUT2D eigenvalue weighted by molar-refractivity contribution is 6.44. The van der Waals surface area contributed by atoms with Crippen molar-refractivity contribution >= 4 is 64.0 Å². The molecule has 0 saturated heterocycles. The number of carbonyl (C=O) groups is 1. The molecule has 1 N–H and O–H groups in total. The van der Waals surface area contributed by atoms with Crippen molar-refractivity contribution in [2.24, 2.45) is 4.99 Å². The predicted molar refractivity (Wildman–Crippen MR) is 111 cm³/mol. The lowest BCUT2D eigenvalue weighted by molar-refractivity contribution is -0.163. The highest BCUT2D eigenvalue weighted by Gasteiger charge is 2.40. The molecule has 2 aromatic carbocycles. The summed E-state index contributed by atoms with van der Waals surface area (Å²) in [5, 5.41) is 2.99. The fraction of sp³-hybridized carbons (Fsp3) is 0.222. The Morgan fingerprint density at radius 3 is 2.24 bits per heavy atom. The quantitative estimate of drug-likeness (QED) is 0.278. The fourth-order valence-corrected chi connectivity index (χ4v) is 2.70. The van der Waals surface area contributed by atoms with Crippen LogP contribution >= 0.6 is 46.4 Å². The molecular formula is C18H14Cl4F2N2O3. The summed E-state index contributed by atoms with van der Waals surface area (Å²) in [6.45, 7) is 1.93. The standard InChI is InChI=1S/C18H14Cl4F2N2O3/c1-2-28-15(14-12(19)4-3-5-13(14)20)26-17(27)25-10-6-8-11(9-7-10)29-18(23,24)16(21)22/h3-9,16H,2H2,1H3,(H,25,27). The molecule has 5 nitrogen and oxygen atoms in total. The number of amides is 2. The van der Waals surface area contributed by atoms with Crippen LogP contribution in [-0.4, -0.2) is 29.5 Å². The number of hydrogen-bond donors (Lipinski definition) is 1. The second-order valence-corrected chi connectivity index (χ2v) is 7.28. The molecule has 0 bridgehead atoms. The molecule has 0 fully saturated rings. The highest BCUT2D eigenvalue weighted by atomic mass is 35.5. The number of nitrogens with zero attached hydrogens (tertiary/aromatic N) is 1. The molecular weight excluding hydrogens is 472 g/mol. The van der Waals surface area contributed by atoms with Crippen LogP contribution in [0.1, 0.15) is 12.5 Å². The molecule has 0 unspecified atom stereocenters. The van der Waals surface area contributed by atoms with Crippen molar-refractivity contribution in [2.45, 2.75) is 17.9 Å². The van der Waals surface area contributed by atoms with Crippen molar-refractivity contribution in [1.29, 1.82) is 0 Å². The molecule has 0 aliphatic carbocycles. The van der Waals surface area contributed by atoms with Gasteiger partial charge in [0.25, 0.3) is 0 Å². The summed E-state index contributed by atoms with van der Waals surface area (Å²) >= 11 is 22.6. The predicted octanol–water partition coefficient (Wildman–Crippen LogP) is 6.78. The highest BCUT2D eigenvalue weighted by Crippen LogP contribution is 2.30. The number of hydrogen-bond acceptors (Lipinski definition) is 3. The number of nitrogens with one attached hydrogen (secondary N) is 1. The molecule has 11 heteroatoms. The maximum absolute atomic E-state index is 13.4. The Hall–Kier alpha value is -1.80. The van der Waals surface area contributed by atoms with Gasteiger partial charge < -0.3 is 14.8 Å². The Labute approximate surface area is 185 Å². The molecule has 0 spiro atoms. The van der Waals surface area contributed by atoms with E-state index in [-0.39, 0.29) is 39.6 Å². The van der Waals surface area contributed by atoms with E-state index in [0.29, 0.717) is 0 Å². The van der Waals surface area contributed by atoms with E-state index in [4.69, 9.17) is 51.1 Å². The van der Waals surface area contributed by atoms with E-state index in [0.717, 1.165) is 0 Å². The third kappa shape index (κ3) is 6.60. The zero-order valence-electron chi connectivity index (χ0n) is 14.8. The topological polar surface area (TPSA) is 59.9 Å². The number of rotatable bonds is 6. The summed E-state index contributed by atoms with van der Waals surface area (Å²) in [4.78, 5) is 14.1. The zero-order chi connectivity index (χ0) is 21.6.